The minimum absolute atomic E-state index is 0.0458. The largest absolute Gasteiger partial charge is 0.493 e. The van der Waals surface area contributed by atoms with Crippen LogP contribution in [0.1, 0.15) is 10.4 Å². The van der Waals surface area contributed by atoms with Crippen molar-refractivity contribution in [2.45, 2.75) is 0 Å². The number of halogens is 1. The van der Waals surface area contributed by atoms with Crippen LogP contribution in [0.5, 0.6) is 17.2 Å². The summed E-state index contributed by atoms with van der Waals surface area (Å²) in [5.41, 5.74) is 5.57. The Morgan fingerprint density at radius 2 is 1.63 bits per heavy atom. The quantitative estimate of drug-likeness (QED) is 0.624. The van der Waals surface area contributed by atoms with E-state index in [1.807, 2.05) is 0 Å². The third-order valence-corrected chi connectivity index (χ3v) is 3.76. The number of methoxy groups -OCH3 is 3. The van der Waals surface area contributed by atoms with Gasteiger partial charge in [0, 0.05) is 16.3 Å². The Morgan fingerprint density at radius 3 is 2.19 bits per heavy atom. The summed E-state index contributed by atoms with van der Waals surface area (Å²) in [4.78, 5) is 24.2. The van der Waals surface area contributed by atoms with Crippen LogP contribution in [0.15, 0.2) is 36.4 Å². The van der Waals surface area contributed by atoms with Crippen molar-refractivity contribution in [3.63, 3.8) is 0 Å². The highest BCUT2D eigenvalue weighted by molar-refractivity contribution is 6.30. The van der Waals surface area contributed by atoms with E-state index in [0.717, 1.165) is 0 Å². The van der Waals surface area contributed by atoms with Gasteiger partial charge in [-0.2, -0.15) is 0 Å². The Labute approximate surface area is 161 Å². The molecule has 2 amide bonds. The van der Waals surface area contributed by atoms with E-state index in [2.05, 4.69) is 16.2 Å². The van der Waals surface area contributed by atoms with Crippen molar-refractivity contribution in [3.8, 4) is 17.2 Å². The van der Waals surface area contributed by atoms with Crippen molar-refractivity contribution in [3.05, 3.63) is 47.0 Å². The first-order chi connectivity index (χ1) is 13.0. The number of anilines is 1. The van der Waals surface area contributed by atoms with Gasteiger partial charge in [0.15, 0.2) is 11.5 Å². The molecule has 0 aliphatic carbocycles. The van der Waals surface area contributed by atoms with Crippen LogP contribution in [0.2, 0.25) is 5.02 Å². The van der Waals surface area contributed by atoms with Crippen LogP contribution in [0.4, 0.5) is 5.69 Å². The van der Waals surface area contributed by atoms with Crippen LogP contribution in [0.25, 0.3) is 0 Å². The third kappa shape index (κ3) is 5.42. The molecule has 0 radical (unpaired) electrons. The van der Waals surface area contributed by atoms with Gasteiger partial charge in [-0.15, -0.1) is 0 Å². The Hall–Kier alpha value is -3.13. The van der Waals surface area contributed by atoms with E-state index in [9.17, 15) is 9.59 Å². The minimum atomic E-state index is -0.537. The van der Waals surface area contributed by atoms with Crippen LogP contribution < -0.4 is 30.4 Å². The maximum absolute atomic E-state index is 12.3. The van der Waals surface area contributed by atoms with Gasteiger partial charge in [0.25, 0.3) is 11.8 Å². The lowest BCUT2D eigenvalue weighted by Gasteiger charge is -2.14. The second-order valence-corrected chi connectivity index (χ2v) is 5.72. The standard InChI is InChI=1S/C18H20ClN3O5/c1-25-14-7-11(8-15(26-2)17(14)27-3)18(24)22-21-16(23)10-20-13-6-4-5-12(19)9-13/h4-9,20H,10H2,1-3H3,(H,21,23)(H,22,24). The van der Waals surface area contributed by atoms with Gasteiger partial charge in [0.1, 0.15) is 0 Å². The normalized spacial score (nSPS) is 9.93. The molecule has 3 N–H and O–H groups in total. The molecular formula is C18H20ClN3O5. The second-order valence-electron chi connectivity index (χ2n) is 5.28. The number of hydrogen-bond acceptors (Lipinski definition) is 6. The molecule has 0 aromatic heterocycles. The fourth-order valence-corrected chi connectivity index (χ4v) is 2.43. The zero-order valence-corrected chi connectivity index (χ0v) is 15.8. The molecular weight excluding hydrogens is 374 g/mol. The van der Waals surface area contributed by atoms with Gasteiger partial charge < -0.3 is 19.5 Å². The van der Waals surface area contributed by atoms with E-state index in [-0.39, 0.29) is 12.1 Å². The average Bonchev–Trinajstić information content (AvgIpc) is 2.69. The van der Waals surface area contributed by atoms with Gasteiger partial charge in [0.2, 0.25) is 5.75 Å². The smallest absolute Gasteiger partial charge is 0.269 e. The summed E-state index contributed by atoms with van der Waals surface area (Å²) in [6, 6.07) is 9.90. The van der Waals surface area contributed by atoms with E-state index >= 15 is 0 Å². The number of carbonyl (C=O) groups is 2. The molecule has 0 atom stereocenters. The zero-order chi connectivity index (χ0) is 19.8. The molecule has 9 heteroatoms. The fraction of sp³-hybridized carbons (Fsp3) is 0.222. The molecule has 0 aliphatic heterocycles. The van der Waals surface area contributed by atoms with Gasteiger partial charge in [-0.1, -0.05) is 17.7 Å². The van der Waals surface area contributed by atoms with Crippen LogP contribution in [-0.4, -0.2) is 39.7 Å². The number of ether oxygens (including phenoxy) is 3. The van der Waals surface area contributed by atoms with Crippen LogP contribution in [0.3, 0.4) is 0 Å². The van der Waals surface area contributed by atoms with E-state index in [1.54, 1.807) is 24.3 Å². The van der Waals surface area contributed by atoms with Gasteiger partial charge in [-0.05, 0) is 30.3 Å². The highest BCUT2D eigenvalue weighted by atomic mass is 35.5. The second kappa shape index (κ2) is 9.54. The minimum Gasteiger partial charge on any atom is -0.493 e. The summed E-state index contributed by atoms with van der Waals surface area (Å²) in [5, 5.41) is 3.45. The lowest BCUT2D eigenvalue weighted by Crippen LogP contribution is -2.44. The van der Waals surface area contributed by atoms with E-state index in [1.165, 1.54) is 33.5 Å². The highest BCUT2D eigenvalue weighted by Gasteiger charge is 2.17. The molecule has 0 spiro atoms. The summed E-state index contributed by atoms with van der Waals surface area (Å²) in [7, 11) is 4.36. The van der Waals surface area contributed by atoms with Gasteiger partial charge >= 0.3 is 0 Å². The van der Waals surface area contributed by atoms with Crippen molar-refractivity contribution in [1.29, 1.82) is 0 Å². The Bertz CT molecular complexity index is 803. The van der Waals surface area contributed by atoms with Crippen molar-refractivity contribution in [2.75, 3.05) is 33.2 Å². The fourth-order valence-electron chi connectivity index (χ4n) is 2.24. The highest BCUT2D eigenvalue weighted by Crippen LogP contribution is 2.38. The van der Waals surface area contributed by atoms with Crippen molar-refractivity contribution in [2.24, 2.45) is 0 Å². The van der Waals surface area contributed by atoms with Gasteiger partial charge in [0.05, 0.1) is 27.9 Å². The molecule has 144 valence electrons. The molecule has 0 bridgehead atoms. The van der Waals surface area contributed by atoms with Crippen LogP contribution in [-0.2, 0) is 4.79 Å². The molecule has 2 rings (SSSR count). The predicted octanol–water partition coefficient (Wildman–Crippen LogP) is 2.24. The van der Waals surface area contributed by atoms with Crippen LogP contribution in [0, 0.1) is 0 Å². The number of hydrogen-bond donors (Lipinski definition) is 3. The predicted molar refractivity (Wildman–Crippen MR) is 102 cm³/mol. The topological polar surface area (TPSA) is 97.9 Å². The Kier molecular flexibility index (Phi) is 7.13. The first-order valence-electron chi connectivity index (χ1n) is 7.87. The van der Waals surface area contributed by atoms with E-state index < -0.39 is 11.8 Å². The summed E-state index contributed by atoms with van der Waals surface area (Å²) in [6.07, 6.45) is 0. The number of benzene rings is 2. The molecule has 2 aromatic rings. The number of carbonyl (C=O) groups excluding carboxylic acids is 2. The Morgan fingerprint density at radius 1 is 0.963 bits per heavy atom. The first kappa shape index (κ1) is 20.2. The molecule has 2 aromatic carbocycles. The van der Waals surface area contributed by atoms with E-state index in [0.29, 0.717) is 28.0 Å². The number of rotatable bonds is 7. The lowest BCUT2D eigenvalue weighted by atomic mass is 10.1. The summed E-state index contributed by atoms with van der Waals surface area (Å²) >= 11 is 5.87. The van der Waals surface area contributed by atoms with Crippen molar-refractivity contribution in [1.82, 2.24) is 10.9 Å². The van der Waals surface area contributed by atoms with E-state index in [4.69, 9.17) is 25.8 Å². The summed E-state index contributed by atoms with van der Waals surface area (Å²) in [5.74, 6) is 0.0549. The molecule has 0 unspecified atom stereocenters. The maximum atomic E-state index is 12.3. The van der Waals surface area contributed by atoms with Crippen molar-refractivity contribution < 1.29 is 23.8 Å². The first-order valence-corrected chi connectivity index (χ1v) is 8.25. The lowest BCUT2D eigenvalue weighted by molar-refractivity contribution is -0.120. The molecule has 27 heavy (non-hydrogen) atoms. The number of hydrazine groups is 1. The van der Waals surface area contributed by atoms with Crippen molar-refractivity contribution >= 4 is 29.1 Å². The number of nitrogens with one attached hydrogen (secondary N) is 3. The molecule has 0 saturated carbocycles. The summed E-state index contributed by atoms with van der Waals surface area (Å²) < 4.78 is 15.6. The van der Waals surface area contributed by atoms with Crippen LogP contribution >= 0.6 is 11.6 Å². The monoisotopic (exact) mass is 393 g/mol. The summed E-state index contributed by atoms with van der Waals surface area (Å²) in [6.45, 7) is -0.0458. The molecule has 8 nitrogen and oxygen atoms in total. The molecule has 0 aliphatic rings. The molecule has 0 heterocycles. The third-order valence-electron chi connectivity index (χ3n) is 3.52. The SMILES string of the molecule is COc1cc(C(=O)NNC(=O)CNc2cccc(Cl)c2)cc(OC)c1OC. The molecule has 0 saturated heterocycles. The zero-order valence-electron chi connectivity index (χ0n) is 15.1. The van der Waals surface area contributed by atoms with Gasteiger partial charge in [-0.3, -0.25) is 20.4 Å². The Balaban J connectivity index is 1.95. The number of amides is 2. The van der Waals surface area contributed by atoms with Gasteiger partial charge in [-0.25, -0.2) is 0 Å². The average molecular weight is 394 g/mol. The molecule has 0 fully saturated rings. The maximum Gasteiger partial charge on any atom is 0.269 e.